The summed E-state index contributed by atoms with van der Waals surface area (Å²) < 4.78 is 63.8. The van der Waals surface area contributed by atoms with Crippen molar-refractivity contribution in [2.24, 2.45) is 0 Å². The van der Waals surface area contributed by atoms with Gasteiger partial charge in [0.2, 0.25) is 0 Å². The summed E-state index contributed by atoms with van der Waals surface area (Å²) in [6.45, 7) is 0.759. The average Bonchev–Trinajstić information content (AvgIpc) is 3.37. The van der Waals surface area contributed by atoms with Crippen molar-refractivity contribution in [2.75, 3.05) is 0 Å². The monoisotopic (exact) mass is 612 g/mol. The Balaban J connectivity index is 0.000000426. The number of halogens is 3. The third-order valence-electron chi connectivity index (χ3n) is 6.79. The number of para-hydroxylation sites is 1. The number of hydrogen-bond donors (Lipinski definition) is 0. The van der Waals surface area contributed by atoms with Gasteiger partial charge in [0.15, 0.2) is 21.5 Å². The molecule has 0 fully saturated rings. The van der Waals surface area contributed by atoms with Gasteiger partial charge in [-0.3, -0.25) is 0 Å². The van der Waals surface area contributed by atoms with Crippen LogP contribution in [-0.4, -0.2) is 23.0 Å². The van der Waals surface area contributed by atoms with Crippen molar-refractivity contribution in [3.05, 3.63) is 157 Å². The van der Waals surface area contributed by atoms with Crippen LogP contribution in [0.5, 0.6) is 0 Å². The van der Waals surface area contributed by atoms with E-state index in [-0.39, 0.29) is 0 Å². The fourth-order valence-corrected chi connectivity index (χ4v) is 4.94. The minimum Gasteiger partial charge on any atom is -0.741 e. The molecule has 1 aromatic heterocycles. The molecule has 0 unspecified atom stereocenters. The minimum absolute atomic E-state index is 0.759. The Hall–Kier alpha value is -4.99. The molecule has 0 N–H and O–H groups in total. The zero-order valence-electron chi connectivity index (χ0n) is 23.3. The predicted molar refractivity (Wildman–Crippen MR) is 164 cm³/mol. The van der Waals surface area contributed by atoms with E-state index in [9.17, 15) is 13.2 Å². The maximum atomic E-state index is 10.7. The molecule has 0 amide bonds. The largest absolute Gasteiger partial charge is 0.741 e. The number of imidazole rings is 1. The first-order chi connectivity index (χ1) is 21.1. The minimum atomic E-state index is -6.09. The Morgan fingerprint density at radius 1 is 0.591 bits per heavy atom. The summed E-state index contributed by atoms with van der Waals surface area (Å²) in [6, 6.07) is 53.7. The van der Waals surface area contributed by atoms with Gasteiger partial charge in [-0.15, -0.1) is 0 Å². The molecule has 0 bridgehead atoms. The number of alkyl halides is 3. The van der Waals surface area contributed by atoms with Gasteiger partial charge in [-0.05, 0) is 29.8 Å². The highest BCUT2D eigenvalue weighted by Gasteiger charge is 2.37. The fourth-order valence-electron chi connectivity index (χ4n) is 4.94. The molecular formula is C35H27F3N2O3S. The van der Waals surface area contributed by atoms with Gasteiger partial charge in [-0.2, -0.15) is 17.7 Å². The van der Waals surface area contributed by atoms with Crippen LogP contribution in [0.15, 0.2) is 152 Å². The first-order valence-corrected chi connectivity index (χ1v) is 15.0. The lowest BCUT2D eigenvalue weighted by Crippen LogP contribution is -2.38. The molecule has 44 heavy (non-hydrogen) atoms. The van der Waals surface area contributed by atoms with Gasteiger partial charge in [0.25, 0.3) is 5.82 Å². The lowest BCUT2D eigenvalue weighted by atomic mass is 10.0. The third-order valence-corrected chi connectivity index (χ3v) is 7.36. The Bertz CT molecular complexity index is 1810. The second-order valence-electron chi connectivity index (χ2n) is 9.76. The van der Waals surface area contributed by atoms with Crippen LogP contribution in [0, 0.1) is 0 Å². The summed E-state index contributed by atoms with van der Waals surface area (Å²) in [5, 5.41) is 0. The van der Waals surface area contributed by atoms with Crippen molar-refractivity contribution in [1.82, 2.24) is 4.57 Å². The van der Waals surface area contributed by atoms with Crippen molar-refractivity contribution in [3.63, 3.8) is 0 Å². The Labute approximate surface area is 253 Å². The molecule has 6 aromatic rings. The summed E-state index contributed by atoms with van der Waals surface area (Å²) >= 11 is 0. The van der Waals surface area contributed by atoms with Crippen molar-refractivity contribution < 1.29 is 30.7 Å². The van der Waals surface area contributed by atoms with Crippen molar-refractivity contribution in [2.45, 2.75) is 12.1 Å². The van der Waals surface area contributed by atoms with Gasteiger partial charge in [-0.25, -0.2) is 13.0 Å². The van der Waals surface area contributed by atoms with Gasteiger partial charge in [-0.1, -0.05) is 127 Å². The lowest BCUT2D eigenvalue weighted by molar-refractivity contribution is -0.665. The first kappa shape index (κ1) is 30.5. The van der Waals surface area contributed by atoms with E-state index in [1.54, 1.807) is 0 Å². The highest BCUT2D eigenvalue weighted by Crippen LogP contribution is 2.37. The predicted octanol–water partition coefficient (Wildman–Crippen LogP) is 7.87. The van der Waals surface area contributed by atoms with E-state index in [4.69, 9.17) is 13.0 Å². The van der Waals surface area contributed by atoms with E-state index in [1.807, 2.05) is 0 Å². The summed E-state index contributed by atoms with van der Waals surface area (Å²) in [6.07, 6.45) is 0. The van der Waals surface area contributed by atoms with E-state index in [0.29, 0.717) is 0 Å². The number of nitrogens with zero attached hydrogens (tertiary/aromatic N) is 2. The van der Waals surface area contributed by atoms with Crippen molar-refractivity contribution in [1.29, 1.82) is 0 Å². The van der Waals surface area contributed by atoms with E-state index in [2.05, 4.69) is 161 Å². The summed E-state index contributed by atoms with van der Waals surface area (Å²) in [7, 11) is -6.09. The Morgan fingerprint density at radius 3 is 1.43 bits per heavy atom. The Kier molecular flexibility index (Phi) is 9.08. The molecule has 5 nitrogen and oxygen atoms in total. The zero-order chi connectivity index (χ0) is 31.2. The average molecular weight is 613 g/mol. The number of aromatic nitrogens is 2. The zero-order valence-corrected chi connectivity index (χ0v) is 24.1. The molecule has 0 aliphatic heterocycles. The van der Waals surface area contributed by atoms with Gasteiger partial charge >= 0.3 is 5.51 Å². The first-order valence-electron chi connectivity index (χ1n) is 13.6. The molecule has 222 valence electrons. The third kappa shape index (κ3) is 6.80. The molecule has 6 rings (SSSR count). The van der Waals surface area contributed by atoms with E-state index < -0.39 is 15.6 Å². The number of hydrogen-bond acceptors (Lipinski definition) is 3. The molecule has 1 heterocycles. The number of rotatable bonds is 6. The van der Waals surface area contributed by atoms with Crippen LogP contribution in [0.25, 0.3) is 39.6 Å². The quantitative estimate of drug-likeness (QED) is 0.109. The topological polar surface area (TPSA) is 66.0 Å². The molecular weight excluding hydrogens is 585 g/mol. The molecule has 0 aliphatic rings. The molecule has 0 saturated heterocycles. The molecule has 9 heteroatoms. The smallest absolute Gasteiger partial charge is 0.485 e. The van der Waals surface area contributed by atoms with Gasteiger partial charge in [0, 0.05) is 11.1 Å². The van der Waals surface area contributed by atoms with Gasteiger partial charge in [0.1, 0.15) is 12.2 Å². The highest BCUT2D eigenvalue weighted by atomic mass is 32.2. The fraction of sp³-hybridized carbons (Fsp3) is 0.0571. The molecule has 0 saturated carbocycles. The maximum absolute atomic E-state index is 10.7. The second kappa shape index (κ2) is 13.1. The van der Waals surface area contributed by atoms with E-state index in [0.717, 1.165) is 18.1 Å². The van der Waals surface area contributed by atoms with Crippen LogP contribution >= 0.6 is 0 Å². The van der Waals surface area contributed by atoms with Gasteiger partial charge < -0.3 is 4.55 Å². The van der Waals surface area contributed by atoms with Crippen LogP contribution in [0.4, 0.5) is 13.2 Å². The highest BCUT2D eigenvalue weighted by molar-refractivity contribution is 7.86. The molecule has 5 aromatic carbocycles. The van der Waals surface area contributed by atoms with Crippen LogP contribution in [-0.2, 0) is 16.7 Å². The maximum Gasteiger partial charge on any atom is 0.485 e. The van der Waals surface area contributed by atoms with Gasteiger partial charge in [0.05, 0.1) is 5.56 Å². The normalized spacial score (nSPS) is 11.5. The summed E-state index contributed by atoms with van der Waals surface area (Å²) in [4.78, 5) is 0. The van der Waals surface area contributed by atoms with E-state index in [1.165, 1.54) is 33.6 Å². The molecule has 0 radical (unpaired) electrons. The SMILES string of the molecule is O=S(=O)([O-])C(F)(F)F.c1ccc(C[n+]2c(-c3ccccc3)c(-c3ccccc3)n(-c3ccccc3)c2-c2ccccc2)cc1. The Morgan fingerprint density at radius 2 is 0.977 bits per heavy atom. The molecule has 0 atom stereocenters. The second-order valence-corrected chi connectivity index (χ2v) is 11.1. The van der Waals surface area contributed by atoms with E-state index >= 15 is 0 Å². The summed E-state index contributed by atoms with van der Waals surface area (Å²) in [5.74, 6) is 1.16. The van der Waals surface area contributed by atoms with Crippen LogP contribution in [0.3, 0.4) is 0 Å². The number of benzene rings is 5. The lowest BCUT2D eigenvalue weighted by Gasteiger charge is -2.08. The summed E-state index contributed by atoms with van der Waals surface area (Å²) in [5.41, 5.74) is 2.70. The molecule has 0 aliphatic carbocycles. The standard InChI is InChI=1S/C34H27N2.CHF3O3S/c1-6-16-27(17-7-1)26-35-32(28-18-8-2-9-19-28)33(29-20-10-3-11-21-29)36(31-24-14-5-15-25-31)34(35)30-22-12-4-13-23-30;2-1(3,4)8(5,6)7/h1-25H,26H2;(H,5,6,7)/q+1;/p-1. The van der Waals surface area contributed by atoms with Crippen LogP contribution in [0.1, 0.15) is 5.56 Å². The van der Waals surface area contributed by atoms with Crippen molar-refractivity contribution >= 4 is 10.1 Å². The van der Waals surface area contributed by atoms with Crippen LogP contribution < -0.4 is 4.57 Å². The van der Waals surface area contributed by atoms with Crippen LogP contribution in [0.2, 0.25) is 0 Å². The van der Waals surface area contributed by atoms with Crippen molar-refractivity contribution in [3.8, 4) is 39.6 Å². The molecule has 0 spiro atoms.